The van der Waals surface area contributed by atoms with Crippen LogP contribution >= 0.6 is 0 Å². The fourth-order valence-corrected chi connectivity index (χ4v) is 4.12. The zero-order chi connectivity index (χ0) is 17.0. The zero-order valence-electron chi connectivity index (χ0n) is 14.2. The van der Waals surface area contributed by atoms with Crippen molar-refractivity contribution in [2.75, 3.05) is 19.6 Å². The Bertz CT molecular complexity index is 608. The maximum absolute atomic E-state index is 12.4. The average molecular weight is 329 g/mol. The second-order valence-corrected chi connectivity index (χ2v) is 7.28. The predicted molar refractivity (Wildman–Crippen MR) is 93.8 cm³/mol. The number of nitrogens with two attached hydrogens (primary N) is 1. The minimum absolute atomic E-state index is 0.0449. The van der Waals surface area contributed by atoms with E-state index in [0.29, 0.717) is 23.9 Å². The highest BCUT2D eigenvalue weighted by Gasteiger charge is 2.40. The highest BCUT2D eigenvalue weighted by atomic mass is 16.2. The summed E-state index contributed by atoms with van der Waals surface area (Å²) in [7, 11) is 0. The van der Waals surface area contributed by atoms with E-state index in [1.807, 2.05) is 17.0 Å². The van der Waals surface area contributed by atoms with Crippen LogP contribution in [-0.2, 0) is 6.42 Å². The molecule has 0 unspecified atom stereocenters. The lowest BCUT2D eigenvalue weighted by molar-refractivity contribution is 0.1000. The molecule has 0 bridgehead atoms. The fourth-order valence-electron chi connectivity index (χ4n) is 4.12. The molecule has 24 heavy (non-hydrogen) atoms. The van der Waals surface area contributed by atoms with Gasteiger partial charge in [0.2, 0.25) is 5.91 Å². The van der Waals surface area contributed by atoms with E-state index < -0.39 is 5.91 Å². The first kappa shape index (κ1) is 16.8. The molecule has 1 aromatic rings. The molecule has 1 aromatic carbocycles. The van der Waals surface area contributed by atoms with Crippen LogP contribution < -0.4 is 11.1 Å². The third-order valence-electron chi connectivity index (χ3n) is 5.54. The summed E-state index contributed by atoms with van der Waals surface area (Å²) in [6.07, 6.45) is 8.37. The van der Waals surface area contributed by atoms with E-state index in [-0.39, 0.29) is 6.03 Å². The molecule has 1 aliphatic carbocycles. The van der Waals surface area contributed by atoms with Gasteiger partial charge in [-0.05, 0) is 48.8 Å². The lowest BCUT2D eigenvalue weighted by atomic mass is 9.73. The van der Waals surface area contributed by atoms with Crippen LogP contribution in [0.5, 0.6) is 0 Å². The van der Waals surface area contributed by atoms with Gasteiger partial charge in [0.1, 0.15) is 0 Å². The van der Waals surface area contributed by atoms with Gasteiger partial charge in [0.05, 0.1) is 0 Å². The lowest BCUT2D eigenvalue weighted by Gasteiger charge is -2.33. The first-order valence-electron chi connectivity index (χ1n) is 9.00. The largest absolute Gasteiger partial charge is 0.366 e. The van der Waals surface area contributed by atoms with E-state index >= 15 is 0 Å². The Morgan fingerprint density at radius 1 is 1.17 bits per heavy atom. The number of nitrogens with zero attached hydrogens (tertiary/aromatic N) is 1. The van der Waals surface area contributed by atoms with Crippen LogP contribution in [0.3, 0.4) is 0 Å². The Labute approximate surface area is 143 Å². The first-order chi connectivity index (χ1) is 11.6. The minimum Gasteiger partial charge on any atom is -0.366 e. The number of likely N-dealkylation sites (tertiary alicyclic amines) is 1. The van der Waals surface area contributed by atoms with Gasteiger partial charge in [0, 0.05) is 25.2 Å². The first-order valence-corrected chi connectivity index (χ1v) is 9.00. The molecule has 1 saturated heterocycles. The van der Waals surface area contributed by atoms with Crippen molar-refractivity contribution >= 4 is 11.9 Å². The van der Waals surface area contributed by atoms with Crippen molar-refractivity contribution in [2.45, 2.75) is 44.9 Å². The number of urea groups is 1. The van der Waals surface area contributed by atoms with Crippen LogP contribution in [0.2, 0.25) is 0 Å². The van der Waals surface area contributed by atoms with Crippen molar-refractivity contribution in [3.8, 4) is 0 Å². The maximum Gasteiger partial charge on any atom is 0.317 e. The Hall–Kier alpha value is -2.04. The third-order valence-corrected chi connectivity index (χ3v) is 5.54. The van der Waals surface area contributed by atoms with Crippen molar-refractivity contribution in [1.82, 2.24) is 10.2 Å². The number of nitrogens with one attached hydrogen (secondary N) is 1. The number of hydrogen-bond donors (Lipinski definition) is 2. The number of rotatable bonds is 4. The predicted octanol–water partition coefficient (Wildman–Crippen LogP) is 2.69. The van der Waals surface area contributed by atoms with Gasteiger partial charge in [-0.1, -0.05) is 31.4 Å². The van der Waals surface area contributed by atoms with E-state index in [1.165, 1.54) is 32.1 Å². The fraction of sp³-hybridized carbons (Fsp3) is 0.579. The van der Waals surface area contributed by atoms with Gasteiger partial charge < -0.3 is 16.0 Å². The molecule has 2 aliphatic rings. The summed E-state index contributed by atoms with van der Waals surface area (Å²) in [5, 5.41) is 3.01. The molecule has 3 amide bonds. The molecule has 0 aromatic heterocycles. The van der Waals surface area contributed by atoms with Crippen LogP contribution in [0.4, 0.5) is 4.79 Å². The Morgan fingerprint density at radius 2 is 1.96 bits per heavy atom. The van der Waals surface area contributed by atoms with Crippen molar-refractivity contribution < 1.29 is 9.59 Å². The molecule has 1 aliphatic heterocycles. The van der Waals surface area contributed by atoms with Crippen molar-refractivity contribution in [3.63, 3.8) is 0 Å². The average Bonchev–Trinajstić information content (AvgIpc) is 2.99. The molecule has 130 valence electrons. The van der Waals surface area contributed by atoms with Crippen LogP contribution in [0.15, 0.2) is 24.3 Å². The van der Waals surface area contributed by atoms with Crippen LogP contribution in [-0.4, -0.2) is 36.5 Å². The molecule has 1 saturated carbocycles. The summed E-state index contributed by atoms with van der Waals surface area (Å²) >= 11 is 0. The van der Waals surface area contributed by atoms with Crippen molar-refractivity contribution in [2.24, 2.45) is 11.1 Å². The molecule has 2 fully saturated rings. The van der Waals surface area contributed by atoms with E-state index in [4.69, 9.17) is 5.73 Å². The molecule has 0 radical (unpaired) electrons. The number of benzene rings is 1. The van der Waals surface area contributed by atoms with Gasteiger partial charge >= 0.3 is 6.03 Å². The topological polar surface area (TPSA) is 75.4 Å². The van der Waals surface area contributed by atoms with Crippen molar-refractivity contribution in [3.05, 3.63) is 35.4 Å². The van der Waals surface area contributed by atoms with E-state index in [1.54, 1.807) is 12.1 Å². The third kappa shape index (κ3) is 3.89. The molecule has 3 N–H and O–H groups in total. The van der Waals surface area contributed by atoms with Gasteiger partial charge in [-0.2, -0.15) is 0 Å². The van der Waals surface area contributed by atoms with Gasteiger partial charge in [-0.25, -0.2) is 4.79 Å². The Balaban J connectivity index is 1.46. The molecular formula is C19H27N3O2. The second kappa shape index (κ2) is 7.24. The number of carbonyl (C=O) groups is 2. The van der Waals surface area contributed by atoms with E-state index in [9.17, 15) is 9.59 Å². The van der Waals surface area contributed by atoms with Gasteiger partial charge in [0.25, 0.3) is 0 Å². The summed E-state index contributed by atoms with van der Waals surface area (Å²) in [5.74, 6) is -0.421. The smallest absolute Gasteiger partial charge is 0.317 e. The molecule has 5 heteroatoms. The highest BCUT2D eigenvalue weighted by molar-refractivity contribution is 5.92. The monoisotopic (exact) mass is 329 g/mol. The highest BCUT2D eigenvalue weighted by Crippen LogP contribution is 2.43. The maximum atomic E-state index is 12.4. The summed E-state index contributed by atoms with van der Waals surface area (Å²) < 4.78 is 0. The molecule has 3 rings (SSSR count). The van der Waals surface area contributed by atoms with Gasteiger partial charge in [-0.3, -0.25) is 4.79 Å². The summed E-state index contributed by atoms with van der Waals surface area (Å²) in [4.78, 5) is 25.6. The van der Waals surface area contributed by atoms with Gasteiger partial charge in [0.15, 0.2) is 0 Å². The number of primary amides is 1. The van der Waals surface area contributed by atoms with E-state index in [0.717, 1.165) is 25.1 Å². The van der Waals surface area contributed by atoms with Gasteiger partial charge in [-0.15, -0.1) is 0 Å². The molecule has 5 nitrogen and oxygen atoms in total. The summed E-state index contributed by atoms with van der Waals surface area (Å²) in [6.45, 7) is 2.36. The number of hydrogen-bond acceptors (Lipinski definition) is 2. The molecule has 1 spiro atoms. The Kier molecular flexibility index (Phi) is 5.07. The van der Waals surface area contributed by atoms with Crippen LogP contribution in [0, 0.1) is 5.41 Å². The summed E-state index contributed by atoms with van der Waals surface area (Å²) in [6, 6.07) is 7.32. The Morgan fingerprint density at radius 3 is 2.71 bits per heavy atom. The summed E-state index contributed by atoms with van der Waals surface area (Å²) in [5.41, 5.74) is 7.21. The lowest BCUT2D eigenvalue weighted by Crippen LogP contribution is -2.41. The van der Waals surface area contributed by atoms with Crippen molar-refractivity contribution in [1.29, 1.82) is 0 Å². The normalized spacial score (nSPS) is 19.4. The number of carbonyl (C=O) groups excluding carboxylic acids is 2. The number of amides is 3. The SMILES string of the molecule is NC(=O)c1cccc(CCNC(=O)N2CCC3(CCCCC3)C2)c1. The zero-order valence-corrected chi connectivity index (χ0v) is 14.2. The molecule has 1 heterocycles. The molecular weight excluding hydrogens is 302 g/mol. The minimum atomic E-state index is -0.421. The van der Waals surface area contributed by atoms with Crippen LogP contribution in [0.1, 0.15) is 54.4 Å². The second-order valence-electron chi connectivity index (χ2n) is 7.28. The van der Waals surface area contributed by atoms with E-state index in [2.05, 4.69) is 5.32 Å². The quantitative estimate of drug-likeness (QED) is 0.891. The standard InChI is InChI=1S/C19H27N3O2/c20-17(23)16-6-4-5-15(13-16)7-11-21-18(24)22-12-10-19(14-22)8-2-1-3-9-19/h4-6,13H,1-3,7-12,14H2,(H2,20,23)(H,21,24). The molecule has 0 atom stereocenters. The van der Waals surface area contributed by atoms with Crippen LogP contribution in [0.25, 0.3) is 0 Å².